The maximum atomic E-state index is 11.3. The fourth-order valence-corrected chi connectivity index (χ4v) is 11.4. The van der Waals surface area contributed by atoms with Crippen molar-refractivity contribution in [3.63, 3.8) is 0 Å². The molecule has 1 aromatic rings. The highest BCUT2D eigenvalue weighted by Gasteiger charge is 2.56. The summed E-state index contributed by atoms with van der Waals surface area (Å²) in [7, 11) is -4.63. The number of benzene rings is 1. The van der Waals surface area contributed by atoms with Crippen molar-refractivity contribution < 1.29 is 22.3 Å². The fourth-order valence-electron chi connectivity index (χ4n) is 11.0. The Hall–Kier alpha value is -1.79. The molecule has 234 valence electrons. The van der Waals surface area contributed by atoms with Crippen molar-refractivity contribution in [3.8, 4) is 11.5 Å². The molecule has 0 unspecified atom stereocenters. The van der Waals surface area contributed by atoms with Gasteiger partial charge in [-0.1, -0.05) is 71.3 Å². The van der Waals surface area contributed by atoms with Crippen molar-refractivity contribution in [2.24, 2.45) is 45.3 Å². The topological polar surface area (TPSA) is 83.8 Å². The maximum absolute atomic E-state index is 11.3. The third-order valence-electron chi connectivity index (χ3n) is 13.1. The van der Waals surface area contributed by atoms with Crippen LogP contribution in [0.2, 0.25) is 0 Å². The average Bonchev–Trinajstić information content (AvgIpc) is 2.86. The zero-order valence-electron chi connectivity index (χ0n) is 26.8. The second-order valence-corrected chi connectivity index (χ2v) is 17.0. The van der Waals surface area contributed by atoms with E-state index in [9.17, 15) is 18.1 Å². The molecular weight excluding hydrogens is 544 g/mol. The van der Waals surface area contributed by atoms with E-state index in [0.717, 1.165) is 18.8 Å². The number of allylic oxidation sites excluding steroid dienone is 3. The molecular formula is C36H54O5S. The molecule has 7 atom stereocenters. The number of aromatic hydroxyl groups is 1. The lowest BCUT2D eigenvalue weighted by Gasteiger charge is -2.60. The van der Waals surface area contributed by atoms with E-state index in [-0.39, 0.29) is 28.2 Å². The minimum absolute atomic E-state index is 0.0170. The molecule has 2 N–H and O–H groups in total. The zero-order valence-corrected chi connectivity index (χ0v) is 27.7. The van der Waals surface area contributed by atoms with Gasteiger partial charge in [-0.15, -0.1) is 0 Å². The Kier molecular flexibility index (Phi) is 8.27. The van der Waals surface area contributed by atoms with Gasteiger partial charge in [-0.05, 0) is 140 Å². The molecule has 0 bridgehead atoms. The highest BCUT2D eigenvalue weighted by molar-refractivity contribution is 7.81. The Morgan fingerprint density at radius 1 is 0.976 bits per heavy atom. The van der Waals surface area contributed by atoms with Gasteiger partial charge in [0.05, 0.1) is 0 Å². The normalized spacial score (nSPS) is 38.3. The van der Waals surface area contributed by atoms with Gasteiger partial charge < -0.3 is 9.29 Å². The largest absolute Gasteiger partial charge is 0.508 e. The standard InChI is InChI=1S/C36H54O5S/c1-24-10-14-31-33(3,4)17-8-19-35(31,6)28(24)16-21-34(5)18-9-20-36(7)29(25(2)11-15-32(34)36)23-26-22-27(12-13-30(26)37)41-42(38,39)40/h11-13,22,28-29,31-32,37H,1,8-10,14-21,23H2,2-7H3,(H,38,39,40)/t28-,29-,31-,32-,34+,35+,36+/m0/s1. The number of phenols is 1. The van der Waals surface area contributed by atoms with E-state index in [2.05, 4.69) is 54.2 Å². The summed E-state index contributed by atoms with van der Waals surface area (Å²) in [6.45, 7) is 19.5. The summed E-state index contributed by atoms with van der Waals surface area (Å²) in [5.74, 6) is 2.28. The number of rotatable bonds is 7. The molecule has 4 aliphatic carbocycles. The van der Waals surface area contributed by atoms with E-state index in [1.54, 1.807) is 6.07 Å². The Morgan fingerprint density at radius 3 is 2.33 bits per heavy atom. The molecule has 0 saturated heterocycles. The third-order valence-corrected chi connectivity index (χ3v) is 13.5. The van der Waals surface area contributed by atoms with Gasteiger partial charge in [-0.25, -0.2) is 0 Å². The second kappa shape index (κ2) is 11.0. The predicted molar refractivity (Wildman–Crippen MR) is 170 cm³/mol. The van der Waals surface area contributed by atoms with Gasteiger partial charge in [0.25, 0.3) is 0 Å². The number of hydrogen-bond acceptors (Lipinski definition) is 4. The summed E-state index contributed by atoms with van der Waals surface area (Å²) in [6, 6.07) is 4.39. The van der Waals surface area contributed by atoms with Crippen molar-refractivity contribution in [1.29, 1.82) is 0 Å². The second-order valence-electron chi connectivity index (χ2n) is 16.0. The van der Waals surface area contributed by atoms with E-state index in [1.165, 1.54) is 81.1 Å². The fraction of sp³-hybridized carbons (Fsp3) is 0.722. The quantitative estimate of drug-likeness (QED) is 0.241. The van der Waals surface area contributed by atoms with E-state index in [4.69, 9.17) is 4.18 Å². The first-order valence-electron chi connectivity index (χ1n) is 16.3. The van der Waals surface area contributed by atoms with Crippen LogP contribution in [0.15, 0.2) is 42.0 Å². The van der Waals surface area contributed by atoms with Crippen molar-refractivity contribution in [2.45, 2.75) is 119 Å². The molecule has 42 heavy (non-hydrogen) atoms. The molecule has 5 nitrogen and oxygen atoms in total. The number of phenolic OH excluding ortho intramolecular Hbond substituents is 1. The van der Waals surface area contributed by atoms with Crippen LogP contribution in [0.5, 0.6) is 11.5 Å². The zero-order chi connectivity index (χ0) is 30.7. The summed E-state index contributed by atoms with van der Waals surface area (Å²) in [5.41, 5.74) is 4.56. The SMILES string of the molecule is C=C1CC[C@H]2C(C)(C)CCC[C@]2(C)[C@H]1CC[C@@]1(C)CCC[C@]2(C)[C@@H](Cc3cc(OS(=O)(=O)O)ccc3O)C(C)=CC[C@@H]12. The van der Waals surface area contributed by atoms with Gasteiger partial charge >= 0.3 is 10.4 Å². The first-order chi connectivity index (χ1) is 19.5. The summed E-state index contributed by atoms with van der Waals surface area (Å²) in [6.07, 6.45) is 16.7. The van der Waals surface area contributed by atoms with Gasteiger partial charge in [-0.3, -0.25) is 4.55 Å². The van der Waals surface area contributed by atoms with Gasteiger partial charge in [0.2, 0.25) is 0 Å². The summed E-state index contributed by atoms with van der Waals surface area (Å²) in [5, 5.41) is 10.7. The summed E-state index contributed by atoms with van der Waals surface area (Å²) in [4.78, 5) is 0. The lowest BCUT2D eigenvalue weighted by Crippen LogP contribution is -2.51. The first-order valence-corrected chi connectivity index (χ1v) is 17.7. The minimum Gasteiger partial charge on any atom is -0.508 e. The molecule has 5 rings (SSSR count). The van der Waals surface area contributed by atoms with Gasteiger partial charge in [0.15, 0.2) is 0 Å². The molecule has 3 fully saturated rings. The van der Waals surface area contributed by atoms with Crippen LogP contribution in [0.4, 0.5) is 0 Å². The van der Waals surface area contributed by atoms with Crippen LogP contribution >= 0.6 is 0 Å². The summed E-state index contributed by atoms with van der Waals surface area (Å²) >= 11 is 0. The molecule has 6 heteroatoms. The van der Waals surface area contributed by atoms with Gasteiger partial charge in [0, 0.05) is 0 Å². The Bertz CT molecular complexity index is 1340. The van der Waals surface area contributed by atoms with E-state index in [1.807, 2.05) is 0 Å². The Morgan fingerprint density at radius 2 is 1.64 bits per heavy atom. The van der Waals surface area contributed by atoms with Crippen LogP contribution in [-0.4, -0.2) is 18.1 Å². The Labute approximate surface area is 255 Å². The molecule has 0 aromatic heterocycles. The molecule has 0 aliphatic heterocycles. The van der Waals surface area contributed by atoms with Crippen molar-refractivity contribution in [2.75, 3.05) is 0 Å². The average molecular weight is 599 g/mol. The van der Waals surface area contributed by atoms with Crippen LogP contribution in [0, 0.1) is 45.3 Å². The highest BCUT2D eigenvalue weighted by atomic mass is 32.3. The monoisotopic (exact) mass is 598 g/mol. The third kappa shape index (κ3) is 5.72. The van der Waals surface area contributed by atoms with Crippen molar-refractivity contribution >= 4 is 10.4 Å². The first kappa shape index (κ1) is 31.6. The molecule has 0 amide bonds. The Balaban J connectivity index is 1.39. The molecule has 0 spiro atoms. The lowest BCUT2D eigenvalue weighted by molar-refractivity contribution is -0.0748. The van der Waals surface area contributed by atoms with Crippen LogP contribution in [0.3, 0.4) is 0 Å². The molecule has 3 saturated carbocycles. The smallest absolute Gasteiger partial charge is 0.446 e. The van der Waals surface area contributed by atoms with Crippen LogP contribution in [0.25, 0.3) is 0 Å². The van der Waals surface area contributed by atoms with Crippen LogP contribution in [0.1, 0.15) is 118 Å². The van der Waals surface area contributed by atoms with Gasteiger partial charge in [-0.2, -0.15) is 8.42 Å². The molecule has 0 radical (unpaired) electrons. The lowest BCUT2D eigenvalue weighted by atomic mass is 9.45. The van der Waals surface area contributed by atoms with E-state index >= 15 is 0 Å². The van der Waals surface area contributed by atoms with Crippen LogP contribution in [-0.2, 0) is 16.8 Å². The van der Waals surface area contributed by atoms with Crippen molar-refractivity contribution in [3.05, 3.63) is 47.6 Å². The number of hydrogen-bond donors (Lipinski definition) is 2. The summed E-state index contributed by atoms with van der Waals surface area (Å²) < 4.78 is 36.6. The van der Waals surface area contributed by atoms with Crippen molar-refractivity contribution in [1.82, 2.24) is 0 Å². The van der Waals surface area contributed by atoms with Gasteiger partial charge in [0.1, 0.15) is 11.5 Å². The van der Waals surface area contributed by atoms with E-state index < -0.39 is 10.4 Å². The minimum atomic E-state index is -4.63. The molecule has 4 aliphatic rings. The highest BCUT2D eigenvalue weighted by Crippen LogP contribution is 2.65. The maximum Gasteiger partial charge on any atom is 0.446 e. The van der Waals surface area contributed by atoms with Crippen LogP contribution < -0.4 is 4.18 Å². The molecule has 1 aromatic carbocycles. The predicted octanol–water partition coefficient (Wildman–Crippen LogP) is 9.47. The molecule has 0 heterocycles. The number of fused-ring (bicyclic) bond motifs is 2. The van der Waals surface area contributed by atoms with E-state index in [0.29, 0.717) is 34.7 Å².